The van der Waals surface area contributed by atoms with Crippen molar-refractivity contribution in [1.29, 1.82) is 0 Å². The van der Waals surface area contributed by atoms with Gasteiger partial charge in [-0.3, -0.25) is 0 Å². The van der Waals surface area contributed by atoms with Gasteiger partial charge in [-0.2, -0.15) is 0 Å². The molecule has 2 aromatic carbocycles. The first-order valence-corrected chi connectivity index (χ1v) is 6.59. The first-order valence-electron chi connectivity index (χ1n) is 6.18. The first-order chi connectivity index (χ1) is 9.56. The van der Waals surface area contributed by atoms with Crippen LogP contribution in [0.2, 0.25) is 0 Å². The van der Waals surface area contributed by atoms with Crippen LogP contribution in [0.15, 0.2) is 36.4 Å². The molecule has 1 heterocycles. The quantitative estimate of drug-likeness (QED) is 0.697. The molecule has 102 valence electrons. The fourth-order valence-electron chi connectivity index (χ4n) is 2.30. The molecule has 1 aromatic heterocycles. The highest BCUT2D eigenvalue weighted by molar-refractivity contribution is 7.71. The average Bonchev–Trinajstić information content (AvgIpc) is 2.71. The van der Waals surface area contributed by atoms with Crippen LogP contribution >= 0.6 is 12.2 Å². The van der Waals surface area contributed by atoms with Gasteiger partial charge in [0, 0.05) is 11.6 Å². The number of hydrogen-bond acceptors (Lipinski definition) is 1. The van der Waals surface area contributed by atoms with Gasteiger partial charge in [0.15, 0.2) is 4.77 Å². The molecule has 0 saturated heterocycles. The monoisotopic (exact) mass is 290 g/mol. The maximum atomic E-state index is 13.8. The summed E-state index contributed by atoms with van der Waals surface area (Å²) in [5, 5.41) is 0. The van der Waals surface area contributed by atoms with Gasteiger partial charge in [0.25, 0.3) is 0 Å². The van der Waals surface area contributed by atoms with Gasteiger partial charge in [-0.1, -0.05) is 18.2 Å². The van der Waals surface area contributed by atoms with E-state index >= 15 is 0 Å². The summed E-state index contributed by atoms with van der Waals surface area (Å²) in [5.74, 6) is -1.14. The summed E-state index contributed by atoms with van der Waals surface area (Å²) in [4.78, 5) is 3.13. The molecule has 0 atom stereocenters. The Labute approximate surface area is 119 Å². The van der Waals surface area contributed by atoms with Crippen LogP contribution in [0.25, 0.3) is 11.0 Å². The Kier molecular flexibility index (Phi) is 3.14. The predicted octanol–water partition coefficient (Wildman–Crippen LogP) is 4.33. The molecular weight excluding hydrogens is 278 g/mol. The van der Waals surface area contributed by atoms with Crippen molar-refractivity contribution in [2.45, 2.75) is 13.5 Å². The van der Waals surface area contributed by atoms with Crippen LogP contribution in [-0.4, -0.2) is 9.55 Å². The Morgan fingerprint density at radius 1 is 1.20 bits per heavy atom. The minimum atomic E-state index is -0.579. The van der Waals surface area contributed by atoms with E-state index in [0.717, 1.165) is 22.7 Å². The smallest absolute Gasteiger partial charge is 0.178 e. The molecule has 1 N–H and O–H groups in total. The molecule has 0 aliphatic rings. The van der Waals surface area contributed by atoms with Crippen LogP contribution in [0.1, 0.15) is 11.1 Å². The Morgan fingerprint density at radius 3 is 2.75 bits per heavy atom. The Balaban J connectivity index is 2.13. The molecule has 0 spiro atoms. The SMILES string of the molecule is Cc1cccc2c1[nH]c(=S)n2Cc1ccc(F)cc1F. The van der Waals surface area contributed by atoms with E-state index in [9.17, 15) is 8.78 Å². The van der Waals surface area contributed by atoms with Gasteiger partial charge in [0.05, 0.1) is 17.6 Å². The molecule has 0 fully saturated rings. The number of para-hydroxylation sites is 1. The van der Waals surface area contributed by atoms with E-state index in [1.165, 1.54) is 12.1 Å². The molecule has 3 rings (SSSR count). The summed E-state index contributed by atoms with van der Waals surface area (Å²) in [6, 6.07) is 9.42. The maximum absolute atomic E-state index is 13.8. The van der Waals surface area contributed by atoms with Gasteiger partial charge in [-0.15, -0.1) is 0 Å². The van der Waals surface area contributed by atoms with Gasteiger partial charge >= 0.3 is 0 Å². The number of rotatable bonds is 2. The molecule has 0 radical (unpaired) electrons. The number of aromatic nitrogens is 2. The number of halogens is 2. The van der Waals surface area contributed by atoms with Crippen molar-refractivity contribution in [1.82, 2.24) is 9.55 Å². The highest BCUT2D eigenvalue weighted by Gasteiger charge is 2.09. The summed E-state index contributed by atoms with van der Waals surface area (Å²) in [7, 11) is 0. The van der Waals surface area contributed by atoms with Gasteiger partial charge in [-0.25, -0.2) is 8.78 Å². The Morgan fingerprint density at radius 2 is 2.00 bits per heavy atom. The highest BCUT2D eigenvalue weighted by Crippen LogP contribution is 2.20. The number of aryl methyl sites for hydroxylation is 1. The summed E-state index contributed by atoms with van der Waals surface area (Å²) < 4.78 is 29.0. The fourth-order valence-corrected chi connectivity index (χ4v) is 2.57. The van der Waals surface area contributed by atoms with Gasteiger partial charge in [0.1, 0.15) is 11.6 Å². The molecule has 0 aliphatic heterocycles. The van der Waals surface area contributed by atoms with Crippen LogP contribution in [0.4, 0.5) is 8.78 Å². The molecule has 2 nitrogen and oxygen atoms in total. The molecule has 0 aliphatic carbocycles. The predicted molar refractivity (Wildman–Crippen MR) is 77.3 cm³/mol. The summed E-state index contributed by atoms with van der Waals surface area (Å²) in [5.41, 5.74) is 3.34. The summed E-state index contributed by atoms with van der Waals surface area (Å²) in [6.45, 7) is 2.25. The average molecular weight is 290 g/mol. The normalized spacial score (nSPS) is 11.2. The molecular formula is C15H12F2N2S. The third kappa shape index (κ3) is 2.14. The summed E-state index contributed by atoms with van der Waals surface area (Å²) >= 11 is 5.29. The lowest BCUT2D eigenvalue weighted by Gasteiger charge is -2.06. The number of nitrogens with zero attached hydrogens (tertiary/aromatic N) is 1. The van der Waals surface area contributed by atoms with E-state index in [-0.39, 0.29) is 6.54 Å². The minimum absolute atomic E-state index is 0.272. The van der Waals surface area contributed by atoms with Crippen LogP contribution in [0.3, 0.4) is 0 Å². The largest absolute Gasteiger partial charge is 0.330 e. The van der Waals surface area contributed by atoms with Crippen molar-refractivity contribution in [2.75, 3.05) is 0 Å². The molecule has 5 heteroatoms. The topological polar surface area (TPSA) is 20.7 Å². The second kappa shape index (κ2) is 4.83. The van der Waals surface area contributed by atoms with Crippen molar-refractivity contribution in [3.8, 4) is 0 Å². The zero-order chi connectivity index (χ0) is 14.3. The van der Waals surface area contributed by atoms with Crippen LogP contribution in [0, 0.1) is 23.3 Å². The number of nitrogens with one attached hydrogen (secondary N) is 1. The molecule has 0 saturated carbocycles. The number of fused-ring (bicyclic) bond motifs is 1. The van der Waals surface area contributed by atoms with Crippen molar-refractivity contribution in [2.24, 2.45) is 0 Å². The molecule has 0 amide bonds. The zero-order valence-electron chi connectivity index (χ0n) is 10.8. The molecule has 0 bridgehead atoms. The van der Waals surface area contributed by atoms with Crippen molar-refractivity contribution in [3.05, 3.63) is 63.9 Å². The van der Waals surface area contributed by atoms with Crippen molar-refractivity contribution >= 4 is 23.3 Å². The zero-order valence-corrected chi connectivity index (χ0v) is 11.6. The van der Waals surface area contributed by atoms with Gasteiger partial charge < -0.3 is 9.55 Å². The fraction of sp³-hybridized carbons (Fsp3) is 0.133. The van der Waals surface area contributed by atoms with Gasteiger partial charge in [-0.05, 0) is 36.8 Å². The van der Waals surface area contributed by atoms with E-state index in [1.807, 2.05) is 29.7 Å². The van der Waals surface area contributed by atoms with Crippen molar-refractivity contribution in [3.63, 3.8) is 0 Å². The number of imidazole rings is 1. The number of H-pyrrole nitrogens is 1. The van der Waals surface area contributed by atoms with Crippen LogP contribution in [-0.2, 0) is 6.54 Å². The Bertz CT molecular complexity index is 849. The first kappa shape index (κ1) is 13.0. The third-order valence-electron chi connectivity index (χ3n) is 3.36. The number of benzene rings is 2. The second-order valence-electron chi connectivity index (χ2n) is 4.72. The molecule has 0 unspecified atom stereocenters. The number of hydrogen-bond donors (Lipinski definition) is 1. The van der Waals surface area contributed by atoms with E-state index in [1.54, 1.807) is 0 Å². The van der Waals surface area contributed by atoms with E-state index in [2.05, 4.69) is 4.98 Å². The third-order valence-corrected chi connectivity index (χ3v) is 3.68. The maximum Gasteiger partial charge on any atom is 0.178 e. The Hall–Kier alpha value is -2.01. The highest BCUT2D eigenvalue weighted by atomic mass is 32.1. The minimum Gasteiger partial charge on any atom is -0.330 e. The lowest BCUT2D eigenvalue weighted by molar-refractivity contribution is 0.567. The molecule has 20 heavy (non-hydrogen) atoms. The standard InChI is InChI=1S/C15H12F2N2S/c1-9-3-2-4-13-14(9)18-15(20)19(13)8-10-5-6-11(16)7-12(10)17/h2-7H,8H2,1H3,(H,18,20). The van der Waals surface area contributed by atoms with E-state index < -0.39 is 11.6 Å². The van der Waals surface area contributed by atoms with Crippen molar-refractivity contribution < 1.29 is 8.78 Å². The van der Waals surface area contributed by atoms with Gasteiger partial charge in [0.2, 0.25) is 0 Å². The van der Waals surface area contributed by atoms with E-state index in [0.29, 0.717) is 10.3 Å². The van der Waals surface area contributed by atoms with Crippen LogP contribution in [0.5, 0.6) is 0 Å². The lowest BCUT2D eigenvalue weighted by Crippen LogP contribution is -2.02. The molecule has 3 aromatic rings. The van der Waals surface area contributed by atoms with E-state index in [4.69, 9.17) is 12.2 Å². The number of aromatic amines is 1. The second-order valence-corrected chi connectivity index (χ2v) is 5.11. The lowest BCUT2D eigenvalue weighted by atomic mass is 10.2. The summed E-state index contributed by atoms with van der Waals surface area (Å²) in [6.07, 6.45) is 0. The van der Waals surface area contributed by atoms with Crippen LogP contribution < -0.4 is 0 Å².